The first-order valence-corrected chi connectivity index (χ1v) is 12.1. The number of guanidine groups is 1. The second-order valence-electron chi connectivity index (χ2n) is 9.25. The number of nitrogens with two attached hydrogens (primary N) is 3. The van der Waals surface area contributed by atoms with Crippen molar-refractivity contribution in [2.75, 3.05) is 13.1 Å². The van der Waals surface area contributed by atoms with Crippen molar-refractivity contribution in [1.29, 1.82) is 0 Å². The molecule has 1 fully saturated rings. The van der Waals surface area contributed by atoms with Gasteiger partial charge >= 0.3 is 5.97 Å². The Morgan fingerprint density at radius 3 is 2.14 bits per heavy atom. The van der Waals surface area contributed by atoms with Gasteiger partial charge in [-0.05, 0) is 51.0 Å². The molecular formula is C22H40N8O6. The minimum Gasteiger partial charge on any atom is -0.480 e. The number of rotatable bonds is 16. The Kier molecular flexibility index (Phi) is 13.2. The number of primary amides is 1. The van der Waals surface area contributed by atoms with E-state index in [4.69, 9.17) is 17.2 Å². The zero-order valence-corrected chi connectivity index (χ0v) is 20.9. The van der Waals surface area contributed by atoms with Gasteiger partial charge in [-0.15, -0.1) is 0 Å². The van der Waals surface area contributed by atoms with E-state index in [2.05, 4.69) is 26.3 Å². The van der Waals surface area contributed by atoms with E-state index in [0.29, 0.717) is 19.4 Å². The van der Waals surface area contributed by atoms with Crippen molar-refractivity contribution in [3.05, 3.63) is 0 Å². The maximum absolute atomic E-state index is 13.1. The van der Waals surface area contributed by atoms with Gasteiger partial charge in [0.05, 0.1) is 6.04 Å². The Balaban J connectivity index is 2.90. The largest absolute Gasteiger partial charge is 0.480 e. The zero-order chi connectivity index (χ0) is 27.3. The third-order valence-corrected chi connectivity index (χ3v) is 5.59. The molecule has 0 aliphatic carbocycles. The SMILES string of the molecule is CC(C)C[C@H](NC(=O)[C@H](CCC(N)=O)NC(=O)[C@@H]1CCCN1)C(=O)N[C@@H](CCCN=C(N)N)C(=O)O. The van der Waals surface area contributed by atoms with Crippen LogP contribution in [0.2, 0.25) is 0 Å². The van der Waals surface area contributed by atoms with Crippen molar-refractivity contribution in [2.24, 2.45) is 28.1 Å². The second kappa shape index (κ2) is 15.5. The monoisotopic (exact) mass is 512 g/mol. The summed E-state index contributed by atoms with van der Waals surface area (Å²) >= 11 is 0. The summed E-state index contributed by atoms with van der Waals surface area (Å²) in [4.78, 5) is 65.3. The molecule has 1 heterocycles. The summed E-state index contributed by atoms with van der Waals surface area (Å²) in [7, 11) is 0. The number of carbonyl (C=O) groups is 5. The first-order valence-electron chi connectivity index (χ1n) is 12.1. The third kappa shape index (κ3) is 11.8. The highest BCUT2D eigenvalue weighted by atomic mass is 16.4. The lowest BCUT2D eigenvalue weighted by atomic mass is 10.0. The zero-order valence-electron chi connectivity index (χ0n) is 20.9. The van der Waals surface area contributed by atoms with E-state index < -0.39 is 47.9 Å². The first-order chi connectivity index (χ1) is 16.9. The third-order valence-electron chi connectivity index (χ3n) is 5.59. The molecule has 11 N–H and O–H groups in total. The summed E-state index contributed by atoms with van der Waals surface area (Å²) in [5, 5.41) is 20.2. The molecule has 0 aromatic heterocycles. The Morgan fingerprint density at radius 1 is 0.972 bits per heavy atom. The van der Waals surface area contributed by atoms with E-state index in [9.17, 15) is 29.1 Å². The van der Waals surface area contributed by atoms with Crippen LogP contribution in [0.5, 0.6) is 0 Å². The lowest BCUT2D eigenvalue weighted by Gasteiger charge is -2.26. The highest BCUT2D eigenvalue weighted by Crippen LogP contribution is 2.10. The lowest BCUT2D eigenvalue weighted by Crippen LogP contribution is -2.57. The standard InChI is InChI=1S/C22H40N8O6/c1-12(2)11-16(20(34)29-15(21(35)36)6-4-10-27-22(24)25)30-19(33)14(7-8-17(23)31)28-18(32)13-5-3-9-26-13/h12-16,26H,3-11H2,1-2H3,(H2,23,31)(H,28,32)(H,29,34)(H,30,33)(H,35,36)(H4,24,25,27)/t13-,14-,15-,16-/m0/s1. The minimum atomic E-state index is -1.24. The molecule has 0 bridgehead atoms. The van der Waals surface area contributed by atoms with E-state index in [1.54, 1.807) is 0 Å². The van der Waals surface area contributed by atoms with Gasteiger partial charge in [-0.25, -0.2) is 4.79 Å². The molecule has 36 heavy (non-hydrogen) atoms. The first kappa shape index (κ1) is 30.6. The Bertz CT molecular complexity index is 808. The molecule has 1 rings (SSSR count). The van der Waals surface area contributed by atoms with Crippen molar-refractivity contribution in [1.82, 2.24) is 21.3 Å². The van der Waals surface area contributed by atoms with Crippen LogP contribution >= 0.6 is 0 Å². The van der Waals surface area contributed by atoms with Crippen LogP contribution in [0.25, 0.3) is 0 Å². The van der Waals surface area contributed by atoms with Gasteiger partial charge in [0.2, 0.25) is 23.6 Å². The summed E-state index contributed by atoms with van der Waals surface area (Å²) in [6, 6.07) is -3.81. The molecule has 0 saturated carbocycles. The van der Waals surface area contributed by atoms with Gasteiger partial charge in [-0.2, -0.15) is 0 Å². The van der Waals surface area contributed by atoms with E-state index in [1.807, 2.05) is 13.8 Å². The fourth-order valence-electron chi connectivity index (χ4n) is 3.74. The number of aliphatic carboxylic acids is 1. The van der Waals surface area contributed by atoms with E-state index in [-0.39, 0.29) is 50.0 Å². The number of carboxylic acids is 1. The molecule has 204 valence electrons. The summed E-state index contributed by atoms with van der Waals surface area (Å²) in [5.74, 6) is -3.74. The smallest absolute Gasteiger partial charge is 0.326 e. The number of nitrogens with one attached hydrogen (secondary N) is 4. The molecule has 14 nitrogen and oxygen atoms in total. The van der Waals surface area contributed by atoms with Crippen molar-refractivity contribution >= 4 is 35.6 Å². The van der Waals surface area contributed by atoms with Crippen LogP contribution in [0, 0.1) is 5.92 Å². The molecule has 4 amide bonds. The van der Waals surface area contributed by atoms with Crippen molar-refractivity contribution in [3.63, 3.8) is 0 Å². The molecule has 1 aliphatic heterocycles. The number of carboxylic acid groups (broad SMARTS) is 1. The van der Waals surface area contributed by atoms with Crippen molar-refractivity contribution in [3.8, 4) is 0 Å². The normalized spacial score (nSPS) is 17.5. The Labute approximate surface area is 210 Å². The number of aliphatic imine (C=N–C) groups is 1. The lowest BCUT2D eigenvalue weighted by molar-refractivity contribution is -0.142. The molecule has 1 aliphatic rings. The van der Waals surface area contributed by atoms with Crippen LogP contribution in [-0.4, -0.2) is 77.9 Å². The van der Waals surface area contributed by atoms with Crippen LogP contribution in [0.4, 0.5) is 0 Å². The van der Waals surface area contributed by atoms with Crippen LogP contribution < -0.4 is 38.5 Å². The van der Waals surface area contributed by atoms with Gasteiger partial charge in [-0.3, -0.25) is 24.2 Å². The average Bonchev–Trinajstić information content (AvgIpc) is 3.32. The fourth-order valence-corrected chi connectivity index (χ4v) is 3.74. The fraction of sp³-hybridized carbons (Fsp3) is 0.727. The quantitative estimate of drug-likeness (QED) is 0.0625. The average molecular weight is 513 g/mol. The number of carbonyl (C=O) groups excluding carboxylic acids is 4. The number of hydrogen-bond acceptors (Lipinski definition) is 7. The highest BCUT2D eigenvalue weighted by molar-refractivity contribution is 5.94. The molecule has 0 spiro atoms. The van der Waals surface area contributed by atoms with Crippen LogP contribution in [0.1, 0.15) is 58.8 Å². The molecule has 1 saturated heterocycles. The van der Waals surface area contributed by atoms with Gasteiger partial charge in [0, 0.05) is 13.0 Å². The van der Waals surface area contributed by atoms with E-state index >= 15 is 0 Å². The predicted molar refractivity (Wildman–Crippen MR) is 132 cm³/mol. The molecule has 0 aromatic rings. The van der Waals surface area contributed by atoms with Crippen molar-refractivity contribution < 1.29 is 29.1 Å². The maximum Gasteiger partial charge on any atom is 0.326 e. The van der Waals surface area contributed by atoms with Crippen LogP contribution in [-0.2, 0) is 24.0 Å². The summed E-state index contributed by atoms with van der Waals surface area (Å²) in [5.41, 5.74) is 15.7. The number of nitrogens with zero attached hydrogens (tertiary/aromatic N) is 1. The Hall–Kier alpha value is -3.42. The van der Waals surface area contributed by atoms with Crippen LogP contribution in [0.3, 0.4) is 0 Å². The summed E-state index contributed by atoms with van der Waals surface area (Å²) < 4.78 is 0. The van der Waals surface area contributed by atoms with E-state index in [1.165, 1.54) is 0 Å². The second-order valence-corrected chi connectivity index (χ2v) is 9.25. The summed E-state index contributed by atoms with van der Waals surface area (Å²) in [6.45, 7) is 4.57. The van der Waals surface area contributed by atoms with Gasteiger partial charge in [0.1, 0.15) is 18.1 Å². The molecule has 14 heteroatoms. The van der Waals surface area contributed by atoms with Crippen LogP contribution in [0.15, 0.2) is 4.99 Å². The van der Waals surface area contributed by atoms with Gasteiger partial charge in [0.15, 0.2) is 5.96 Å². The predicted octanol–water partition coefficient (Wildman–Crippen LogP) is -2.36. The molecule has 0 unspecified atom stereocenters. The van der Waals surface area contributed by atoms with Crippen molar-refractivity contribution in [2.45, 2.75) is 83.0 Å². The maximum atomic E-state index is 13.1. The highest BCUT2D eigenvalue weighted by Gasteiger charge is 2.31. The topological polar surface area (TPSA) is 244 Å². The molecule has 4 atom stereocenters. The molecular weight excluding hydrogens is 472 g/mol. The number of hydrogen-bond donors (Lipinski definition) is 8. The molecule has 0 radical (unpaired) electrons. The summed E-state index contributed by atoms with van der Waals surface area (Å²) in [6.07, 6.45) is 1.86. The molecule has 0 aromatic carbocycles. The van der Waals surface area contributed by atoms with Gasteiger partial charge in [-0.1, -0.05) is 13.8 Å². The van der Waals surface area contributed by atoms with Gasteiger partial charge < -0.3 is 43.6 Å². The number of amides is 4. The van der Waals surface area contributed by atoms with E-state index in [0.717, 1.165) is 6.42 Å². The Morgan fingerprint density at radius 2 is 1.61 bits per heavy atom. The van der Waals surface area contributed by atoms with Gasteiger partial charge in [0.25, 0.3) is 0 Å². The minimum absolute atomic E-state index is 0.0208.